The van der Waals surface area contributed by atoms with Crippen molar-refractivity contribution in [2.24, 2.45) is 16.7 Å². The van der Waals surface area contributed by atoms with Crippen molar-refractivity contribution in [3.63, 3.8) is 0 Å². The van der Waals surface area contributed by atoms with Gasteiger partial charge in [-0.05, 0) is 25.2 Å². The van der Waals surface area contributed by atoms with Crippen LogP contribution >= 0.6 is 11.3 Å². The lowest BCUT2D eigenvalue weighted by Gasteiger charge is -2.37. The first kappa shape index (κ1) is 22.9. The van der Waals surface area contributed by atoms with Gasteiger partial charge in [-0.25, -0.2) is 4.98 Å². The highest BCUT2D eigenvalue weighted by molar-refractivity contribution is 7.18. The van der Waals surface area contributed by atoms with Crippen LogP contribution in [-0.2, 0) is 9.59 Å². The number of rotatable bonds is 6. The molecular formula is C26H26N2O4S. The van der Waals surface area contributed by atoms with E-state index < -0.39 is 22.7 Å². The maximum Gasteiger partial charge on any atom is 0.309 e. The molecule has 1 heterocycles. The molecule has 7 heteroatoms. The van der Waals surface area contributed by atoms with Crippen molar-refractivity contribution in [1.82, 2.24) is 4.98 Å². The van der Waals surface area contributed by atoms with E-state index in [1.54, 1.807) is 31.2 Å². The van der Waals surface area contributed by atoms with Crippen molar-refractivity contribution in [2.75, 3.05) is 5.32 Å². The molecule has 1 aromatic heterocycles. The number of carbonyl (C=O) groups excluding carboxylic acids is 2. The number of anilines is 1. The summed E-state index contributed by atoms with van der Waals surface area (Å²) in [6.45, 7) is 5.37. The monoisotopic (exact) mass is 462 g/mol. The van der Waals surface area contributed by atoms with Crippen LogP contribution in [0.5, 0.6) is 0 Å². The van der Waals surface area contributed by atoms with E-state index in [-0.39, 0.29) is 11.7 Å². The van der Waals surface area contributed by atoms with Crippen LogP contribution in [-0.4, -0.2) is 27.8 Å². The van der Waals surface area contributed by atoms with E-state index in [1.165, 1.54) is 0 Å². The van der Waals surface area contributed by atoms with Gasteiger partial charge >= 0.3 is 5.97 Å². The predicted octanol–water partition coefficient (Wildman–Crippen LogP) is 5.51. The number of aromatic nitrogens is 1. The lowest BCUT2D eigenvalue weighted by molar-refractivity contribution is -0.154. The van der Waals surface area contributed by atoms with Crippen molar-refractivity contribution >= 4 is 34.1 Å². The Balaban J connectivity index is 1.67. The van der Waals surface area contributed by atoms with Crippen LogP contribution in [0.1, 0.15) is 48.8 Å². The Morgan fingerprint density at radius 2 is 1.61 bits per heavy atom. The van der Waals surface area contributed by atoms with Gasteiger partial charge in [-0.15, -0.1) is 0 Å². The first-order valence-electron chi connectivity index (χ1n) is 10.9. The van der Waals surface area contributed by atoms with Gasteiger partial charge < -0.3 is 10.4 Å². The molecule has 2 atom stereocenters. The second-order valence-corrected chi connectivity index (χ2v) is 10.2. The second-order valence-electron chi connectivity index (χ2n) is 9.20. The molecule has 170 valence electrons. The number of benzene rings is 2. The number of carboxylic acid groups (broad SMARTS) is 1. The number of ketones is 1. The zero-order valence-electron chi connectivity index (χ0n) is 18.8. The third-order valence-corrected chi connectivity index (χ3v) is 8.13. The van der Waals surface area contributed by atoms with Crippen LogP contribution in [0.25, 0.3) is 11.3 Å². The summed E-state index contributed by atoms with van der Waals surface area (Å²) in [6.07, 6.45) is 0.909. The molecule has 1 saturated carbocycles. The summed E-state index contributed by atoms with van der Waals surface area (Å²) in [7, 11) is 0. The average Bonchev–Trinajstić information content (AvgIpc) is 3.33. The molecule has 0 aliphatic heterocycles. The molecule has 4 rings (SSSR count). The minimum atomic E-state index is -0.985. The Labute approximate surface area is 196 Å². The molecule has 1 aliphatic carbocycles. The summed E-state index contributed by atoms with van der Waals surface area (Å²) in [5.41, 5.74) is 0.136. The molecule has 1 amide bonds. The summed E-state index contributed by atoms with van der Waals surface area (Å²) in [5.74, 6) is -1.79. The van der Waals surface area contributed by atoms with Crippen LogP contribution in [0, 0.1) is 16.7 Å². The van der Waals surface area contributed by atoms with E-state index in [4.69, 9.17) is 0 Å². The van der Waals surface area contributed by atoms with Gasteiger partial charge in [0.1, 0.15) is 4.88 Å². The molecule has 3 aromatic rings. The lowest BCUT2D eigenvalue weighted by Crippen LogP contribution is -2.43. The van der Waals surface area contributed by atoms with Gasteiger partial charge in [0.2, 0.25) is 11.7 Å². The maximum atomic E-state index is 13.3. The molecule has 33 heavy (non-hydrogen) atoms. The van der Waals surface area contributed by atoms with Gasteiger partial charge in [-0.2, -0.15) is 0 Å². The van der Waals surface area contributed by atoms with E-state index in [0.29, 0.717) is 34.1 Å². The summed E-state index contributed by atoms with van der Waals surface area (Å²) < 4.78 is 0. The number of hydrogen-bond acceptors (Lipinski definition) is 5. The number of aliphatic carboxylic acids is 1. The van der Waals surface area contributed by atoms with E-state index in [2.05, 4.69) is 10.3 Å². The van der Waals surface area contributed by atoms with Crippen LogP contribution in [0.4, 0.5) is 5.13 Å². The Bertz CT molecular complexity index is 1200. The number of thiazole rings is 1. The number of carbonyl (C=O) groups is 3. The van der Waals surface area contributed by atoms with Gasteiger partial charge in [-0.3, -0.25) is 14.4 Å². The first-order chi connectivity index (χ1) is 15.6. The minimum Gasteiger partial charge on any atom is -0.481 e. The number of carboxylic acids is 1. The Hall–Kier alpha value is -3.32. The standard InChI is InChI=1S/C26H26N2O4S/c1-25(2)18(14-15-26(25,3)23(31)32)22(30)28-24-27-19(16-10-6-4-7-11-16)21(33-24)20(29)17-12-8-5-9-13-17/h4-13,18H,14-15H2,1-3H3,(H,31,32)(H,27,28,30)/t18-,26-/m1/s1. The molecule has 0 unspecified atom stereocenters. The van der Waals surface area contributed by atoms with Crippen molar-refractivity contribution < 1.29 is 19.5 Å². The number of nitrogens with one attached hydrogen (secondary N) is 1. The van der Waals surface area contributed by atoms with Crippen LogP contribution in [0.3, 0.4) is 0 Å². The third kappa shape index (κ3) is 3.97. The van der Waals surface area contributed by atoms with E-state index in [0.717, 1.165) is 16.9 Å². The van der Waals surface area contributed by atoms with Crippen LogP contribution in [0.15, 0.2) is 60.7 Å². The molecule has 6 nitrogen and oxygen atoms in total. The number of hydrogen-bond donors (Lipinski definition) is 2. The van der Waals surface area contributed by atoms with Gasteiger partial charge in [-0.1, -0.05) is 85.8 Å². The highest BCUT2D eigenvalue weighted by Crippen LogP contribution is 2.56. The molecular weight excluding hydrogens is 436 g/mol. The van der Waals surface area contributed by atoms with Crippen LogP contribution < -0.4 is 5.32 Å². The van der Waals surface area contributed by atoms with Gasteiger partial charge in [0.15, 0.2) is 5.13 Å². The Morgan fingerprint density at radius 3 is 2.18 bits per heavy atom. The smallest absolute Gasteiger partial charge is 0.309 e. The largest absolute Gasteiger partial charge is 0.481 e. The summed E-state index contributed by atoms with van der Waals surface area (Å²) >= 11 is 1.14. The second kappa shape index (κ2) is 8.56. The predicted molar refractivity (Wildman–Crippen MR) is 128 cm³/mol. The molecule has 0 spiro atoms. The first-order valence-corrected chi connectivity index (χ1v) is 11.7. The Kier molecular flexibility index (Phi) is 5.93. The molecule has 0 saturated heterocycles. The van der Waals surface area contributed by atoms with Crippen LogP contribution in [0.2, 0.25) is 0 Å². The fourth-order valence-corrected chi connectivity index (χ4v) is 5.53. The quantitative estimate of drug-likeness (QED) is 0.471. The summed E-state index contributed by atoms with van der Waals surface area (Å²) in [6, 6.07) is 18.4. The van der Waals surface area contributed by atoms with E-state index >= 15 is 0 Å². The molecule has 2 aromatic carbocycles. The molecule has 0 radical (unpaired) electrons. The summed E-state index contributed by atoms with van der Waals surface area (Å²) in [5, 5.41) is 13.0. The average molecular weight is 463 g/mol. The highest BCUT2D eigenvalue weighted by Gasteiger charge is 2.58. The fourth-order valence-electron chi connectivity index (χ4n) is 4.57. The van der Waals surface area contributed by atoms with E-state index in [1.807, 2.05) is 50.2 Å². The van der Waals surface area contributed by atoms with E-state index in [9.17, 15) is 19.5 Å². The zero-order valence-corrected chi connectivity index (χ0v) is 19.6. The number of amides is 1. The normalized spacial score (nSPS) is 21.5. The van der Waals surface area contributed by atoms with Gasteiger partial charge in [0.05, 0.1) is 11.1 Å². The molecule has 1 aliphatic rings. The fraction of sp³-hybridized carbons (Fsp3) is 0.308. The lowest BCUT2D eigenvalue weighted by atomic mass is 9.65. The summed E-state index contributed by atoms with van der Waals surface area (Å²) in [4.78, 5) is 43.4. The highest BCUT2D eigenvalue weighted by atomic mass is 32.1. The third-order valence-electron chi connectivity index (χ3n) is 7.16. The SMILES string of the molecule is CC1(C)[C@@H](C(=O)Nc2nc(-c3ccccc3)c(C(=O)c3ccccc3)s2)CC[C@]1(C)C(=O)O. The van der Waals surface area contributed by atoms with Gasteiger partial charge in [0.25, 0.3) is 0 Å². The van der Waals surface area contributed by atoms with Crippen molar-refractivity contribution in [3.8, 4) is 11.3 Å². The Morgan fingerprint density at radius 1 is 1.00 bits per heavy atom. The van der Waals surface area contributed by atoms with Crippen molar-refractivity contribution in [1.29, 1.82) is 0 Å². The molecule has 2 N–H and O–H groups in total. The molecule has 0 bridgehead atoms. The maximum absolute atomic E-state index is 13.3. The topological polar surface area (TPSA) is 96.4 Å². The minimum absolute atomic E-state index is 0.160. The van der Waals surface area contributed by atoms with Crippen molar-refractivity contribution in [3.05, 3.63) is 71.1 Å². The number of nitrogens with zero attached hydrogens (tertiary/aromatic N) is 1. The van der Waals surface area contributed by atoms with Gasteiger partial charge in [0, 0.05) is 17.0 Å². The molecule has 1 fully saturated rings. The zero-order chi connectivity index (χ0) is 23.8. The van der Waals surface area contributed by atoms with Crippen molar-refractivity contribution in [2.45, 2.75) is 33.6 Å².